The number of hydrogen-bond donors (Lipinski definition) is 2. The van der Waals surface area contributed by atoms with Crippen molar-refractivity contribution in [3.05, 3.63) is 17.1 Å². The molecule has 2 atom stereocenters. The van der Waals surface area contributed by atoms with Gasteiger partial charge in [0.1, 0.15) is 11.5 Å². The van der Waals surface area contributed by atoms with E-state index in [4.69, 9.17) is 4.74 Å². The van der Waals surface area contributed by atoms with Gasteiger partial charge in [0.05, 0.1) is 12.5 Å². The predicted octanol–water partition coefficient (Wildman–Crippen LogP) is 1.74. The Labute approximate surface area is 127 Å². The van der Waals surface area contributed by atoms with E-state index in [1.54, 1.807) is 0 Å². The zero-order valence-corrected chi connectivity index (χ0v) is 12.6. The van der Waals surface area contributed by atoms with E-state index >= 15 is 0 Å². The molecule has 0 unspecified atom stereocenters. The fourth-order valence-electron chi connectivity index (χ4n) is 3.22. The monoisotopic (exact) mass is 301 g/mol. The van der Waals surface area contributed by atoms with Crippen LogP contribution in [0.4, 0.5) is 0 Å². The van der Waals surface area contributed by atoms with Gasteiger partial charge in [0.25, 0.3) is 0 Å². The normalized spacial score (nSPS) is 23.1. The Balaban J connectivity index is 1.53. The van der Waals surface area contributed by atoms with Crippen molar-refractivity contribution in [3.8, 4) is 11.5 Å². The summed E-state index contributed by atoms with van der Waals surface area (Å²) in [5, 5.41) is 14.8. The summed E-state index contributed by atoms with van der Waals surface area (Å²) in [6.07, 6.45) is 5.25. The van der Waals surface area contributed by atoms with Gasteiger partial charge in [-0.05, 0) is 39.0 Å². The van der Waals surface area contributed by atoms with Gasteiger partial charge in [-0.1, -0.05) is 0 Å². The maximum atomic E-state index is 11.7. The highest BCUT2D eigenvalue weighted by atomic mass is 16.5. The average molecular weight is 301 g/mol. The minimum absolute atomic E-state index is 0.0751. The van der Waals surface area contributed by atoms with Gasteiger partial charge in [-0.25, -0.2) is 4.98 Å². The van der Waals surface area contributed by atoms with Crippen molar-refractivity contribution in [2.45, 2.75) is 44.9 Å². The molecule has 0 spiro atoms. The molecule has 7 nitrogen and oxygen atoms in total. The summed E-state index contributed by atoms with van der Waals surface area (Å²) >= 11 is 0. The van der Waals surface area contributed by atoms with Crippen molar-refractivity contribution in [2.24, 2.45) is 5.92 Å². The molecule has 0 amide bonds. The highest BCUT2D eigenvalue weighted by Crippen LogP contribution is 2.47. The fraction of sp³-hybridized carbons (Fsp3) is 0.600. The van der Waals surface area contributed by atoms with Gasteiger partial charge in [0.2, 0.25) is 5.82 Å². The molecule has 0 bridgehead atoms. The molecule has 2 aliphatic rings. The van der Waals surface area contributed by atoms with Crippen LogP contribution in [-0.4, -0.2) is 38.0 Å². The Morgan fingerprint density at radius 1 is 1.27 bits per heavy atom. The zero-order chi connectivity index (χ0) is 15.1. The van der Waals surface area contributed by atoms with Crippen LogP contribution < -0.4 is 0 Å². The number of esters is 1. The molecule has 0 radical (unpaired) electrons. The Bertz CT molecular complexity index is 705. The molecule has 4 rings (SSSR count). The van der Waals surface area contributed by atoms with Crippen LogP contribution in [0.3, 0.4) is 0 Å². The second-order valence-corrected chi connectivity index (χ2v) is 5.98. The number of carbonyl (C=O) groups excluding carboxylic acids is 1. The van der Waals surface area contributed by atoms with Crippen LogP contribution in [0.15, 0.2) is 0 Å². The van der Waals surface area contributed by atoms with Gasteiger partial charge in [-0.2, -0.15) is 10.2 Å². The molecular weight excluding hydrogens is 282 g/mol. The lowest BCUT2D eigenvalue weighted by Crippen LogP contribution is -2.07. The molecule has 7 heteroatoms. The third kappa shape index (κ3) is 2.20. The molecule has 1 fully saturated rings. The summed E-state index contributed by atoms with van der Waals surface area (Å²) in [7, 11) is 0. The lowest BCUT2D eigenvalue weighted by molar-refractivity contribution is -0.144. The van der Waals surface area contributed by atoms with E-state index in [9.17, 15) is 4.79 Å². The van der Waals surface area contributed by atoms with Crippen LogP contribution in [0.5, 0.6) is 0 Å². The standard InChI is InChI=1S/C15H19N5O2/c1-2-22-15(21)10-7-9(10)13-16-14(20-19-13)12-8-5-3-4-6-11(8)17-18-12/h9-10H,2-7H2,1H3,(H,17,18)(H,16,19,20)/t9-,10-/m1/s1. The second-order valence-electron chi connectivity index (χ2n) is 5.98. The second kappa shape index (κ2) is 5.23. The van der Waals surface area contributed by atoms with Gasteiger partial charge in [0, 0.05) is 17.2 Å². The quantitative estimate of drug-likeness (QED) is 0.838. The van der Waals surface area contributed by atoms with Gasteiger partial charge in [-0.3, -0.25) is 15.0 Å². The number of ether oxygens (including phenoxy) is 1. The first-order chi connectivity index (χ1) is 10.8. The van der Waals surface area contributed by atoms with E-state index in [1.165, 1.54) is 24.1 Å². The van der Waals surface area contributed by atoms with E-state index in [0.717, 1.165) is 30.8 Å². The highest BCUT2D eigenvalue weighted by Gasteiger charge is 2.47. The summed E-state index contributed by atoms with van der Waals surface area (Å²) < 4.78 is 5.05. The average Bonchev–Trinajstić information content (AvgIpc) is 2.99. The first-order valence-corrected chi connectivity index (χ1v) is 7.93. The number of hydrogen-bond acceptors (Lipinski definition) is 5. The lowest BCUT2D eigenvalue weighted by Gasteiger charge is -2.09. The van der Waals surface area contributed by atoms with Crippen LogP contribution in [0, 0.1) is 5.92 Å². The summed E-state index contributed by atoms with van der Waals surface area (Å²) in [5.41, 5.74) is 3.31. The van der Waals surface area contributed by atoms with Crippen molar-refractivity contribution >= 4 is 5.97 Å². The molecule has 1 saturated carbocycles. The SMILES string of the molecule is CCOC(=O)[C@@H]1C[C@H]1c1nc(-c2n[nH]c3c2CCCC3)n[nH]1. The van der Waals surface area contributed by atoms with E-state index in [0.29, 0.717) is 12.4 Å². The fourth-order valence-corrected chi connectivity index (χ4v) is 3.22. The summed E-state index contributed by atoms with van der Waals surface area (Å²) in [4.78, 5) is 16.3. The lowest BCUT2D eigenvalue weighted by atomic mass is 9.96. The number of aromatic amines is 2. The van der Waals surface area contributed by atoms with Crippen molar-refractivity contribution < 1.29 is 9.53 Å². The number of carbonyl (C=O) groups is 1. The highest BCUT2D eigenvalue weighted by molar-refractivity contribution is 5.77. The molecule has 2 heterocycles. The molecular formula is C15H19N5O2. The first-order valence-electron chi connectivity index (χ1n) is 7.93. The Hall–Kier alpha value is -2.18. The van der Waals surface area contributed by atoms with Gasteiger partial charge >= 0.3 is 5.97 Å². The number of nitrogens with zero attached hydrogens (tertiary/aromatic N) is 3. The van der Waals surface area contributed by atoms with E-state index in [-0.39, 0.29) is 17.8 Å². The van der Waals surface area contributed by atoms with Crippen molar-refractivity contribution in [3.63, 3.8) is 0 Å². The van der Waals surface area contributed by atoms with E-state index in [2.05, 4.69) is 25.4 Å². The van der Waals surface area contributed by atoms with Gasteiger partial charge in [0.15, 0.2) is 0 Å². The Kier molecular flexibility index (Phi) is 3.20. The van der Waals surface area contributed by atoms with Crippen LogP contribution in [0.1, 0.15) is 49.2 Å². The van der Waals surface area contributed by atoms with Gasteiger partial charge < -0.3 is 4.74 Å². The molecule has 0 aromatic carbocycles. The topological polar surface area (TPSA) is 96.6 Å². The van der Waals surface area contributed by atoms with Crippen molar-refractivity contribution in [2.75, 3.05) is 6.61 Å². The number of rotatable bonds is 4. The van der Waals surface area contributed by atoms with Crippen LogP contribution in [-0.2, 0) is 22.4 Å². The molecule has 0 aliphatic heterocycles. The molecule has 2 aromatic rings. The summed E-state index contributed by atoms with van der Waals surface area (Å²) in [6.45, 7) is 2.24. The van der Waals surface area contributed by atoms with Gasteiger partial charge in [-0.15, -0.1) is 0 Å². The Morgan fingerprint density at radius 3 is 3.00 bits per heavy atom. The number of nitrogens with one attached hydrogen (secondary N) is 2. The first kappa shape index (κ1) is 13.5. The van der Waals surface area contributed by atoms with Crippen molar-refractivity contribution in [1.29, 1.82) is 0 Å². The number of fused-ring (bicyclic) bond motifs is 1. The van der Waals surface area contributed by atoms with Crippen LogP contribution in [0.2, 0.25) is 0 Å². The van der Waals surface area contributed by atoms with Crippen molar-refractivity contribution in [1.82, 2.24) is 25.4 Å². The Morgan fingerprint density at radius 2 is 2.14 bits per heavy atom. The van der Waals surface area contributed by atoms with Crippen LogP contribution >= 0.6 is 0 Å². The minimum atomic E-state index is -0.136. The maximum absolute atomic E-state index is 11.7. The molecule has 22 heavy (non-hydrogen) atoms. The van der Waals surface area contributed by atoms with Crippen LogP contribution in [0.25, 0.3) is 11.5 Å². The summed E-state index contributed by atoms with van der Waals surface area (Å²) in [6, 6.07) is 0. The third-order valence-corrected chi connectivity index (χ3v) is 4.50. The third-order valence-electron chi connectivity index (χ3n) is 4.50. The molecule has 0 saturated heterocycles. The van der Waals surface area contributed by atoms with E-state index in [1.807, 2.05) is 6.92 Å². The number of aromatic nitrogens is 5. The van der Waals surface area contributed by atoms with E-state index < -0.39 is 0 Å². The molecule has 2 aromatic heterocycles. The maximum Gasteiger partial charge on any atom is 0.309 e. The molecule has 116 valence electrons. The largest absolute Gasteiger partial charge is 0.466 e. The summed E-state index contributed by atoms with van der Waals surface area (Å²) in [5.74, 6) is 1.29. The molecule has 2 aliphatic carbocycles. The smallest absolute Gasteiger partial charge is 0.309 e. The minimum Gasteiger partial charge on any atom is -0.466 e. The zero-order valence-electron chi connectivity index (χ0n) is 12.6. The predicted molar refractivity (Wildman–Crippen MR) is 78.1 cm³/mol. The number of H-pyrrole nitrogens is 2. The molecule has 2 N–H and O–H groups in total. The number of aryl methyl sites for hydroxylation is 1.